The molecule has 1 amide bonds. The van der Waals surface area contributed by atoms with Crippen molar-refractivity contribution in [3.8, 4) is 0 Å². The van der Waals surface area contributed by atoms with Gasteiger partial charge in [-0.2, -0.15) is 0 Å². The van der Waals surface area contributed by atoms with E-state index >= 15 is 4.39 Å². The molecule has 5 aromatic rings. The lowest BCUT2D eigenvalue weighted by Gasteiger charge is -2.33. The standard InChI is InChI=1S/C26H23FN6O2S/c1-31-10-12-32(13-11-31)24-18(27)14-17-22(34)21(25(35)29-15-16-6-8-28-9-7-16)26-33(23(17)30-24)19-4-2-3-5-20(19)36-26/h2-9,14H,10-13,15H2,1H3,(H,29,35). The molecular formula is C26H23FN6O2S. The number of benzene rings is 1. The SMILES string of the molecule is CN1CCN(c2nc3c(cc2F)c(=O)c(C(=O)NCc2ccncc2)c2sc4ccccc4n23)CC1. The molecule has 1 aliphatic heterocycles. The average Bonchev–Trinajstić information content (AvgIpc) is 3.28. The molecule has 182 valence electrons. The van der Waals surface area contributed by atoms with Gasteiger partial charge in [-0.15, -0.1) is 11.3 Å². The number of carbonyl (C=O) groups excluding carboxylic acids is 1. The zero-order chi connectivity index (χ0) is 24.8. The summed E-state index contributed by atoms with van der Waals surface area (Å²) in [6, 6.07) is 12.5. The van der Waals surface area contributed by atoms with Crippen molar-refractivity contribution < 1.29 is 9.18 Å². The first kappa shape index (κ1) is 22.6. The molecule has 1 fully saturated rings. The zero-order valence-electron chi connectivity index (χ0n) is 19.6. The molecule has 5 heterocycles. The average molecular weight is 503 g/mol. The first-order chi connectivity index (χ1) is 17.5. The van der Waals surface area contributed by atoms with Gasteiger partial charge in [0, 0.05) is 45.1 Å². The number of carbonyl (C=O) groups is 1. The molecule has 0 radical (unpaired) electrons. The Hall–Kier alpha value is -3.89. The van der Waals surface area contributed by atoms with Gasteiger partial charge in [-0.05, 0) is 42.9 Å². The minimum Gasteiger partial charge on any atom is -0.352 e. The van der Waals surface area contributed by atoms with E-state index in [0.29, 0.717) is 23.6 Å². The van der Waals surface area contributed by atoms with Crippen LogP contribution >= 0.6 is 11.3 Å². The first-order valence-electron chi connectivity index (χ1n) is 11.7. The molecule has 6 rings (SSSR count). The Bertz CT molecular complexity index is 1680. The molecule has 10 heteroatoms. The predicted molar refractivity (Wildman–Crippen MR) is 139 cm³/mol. The van der Waals surface area contributed by atoms with Crippen LogP contribution in [-0.4, -0.2) is 58.4 Å². The Morgan fingerprint density at radius 3 is 2.64 bits per heavy atom. The Labute approximate surface area is 209 Å². The van der Waals surface area contributed by atoms with Gasteiger partial charge in [-0.1, -0.05) is 12.1 Å². The highest BCUT2D eigenvalue weighted by atomic mass is 32.1. The Morgan fingerprint density at radius 2 is 1.86 bits per heavy atom. The topological polar surface area (TPSA) is 82.8 Å². The quantitative estimate of drug-likeness (QED) is 0.406. The van der Waals surface area contributed by atoms with E-state index in [1.54, 1.807) is 24.5 Å². The molecule has 0 saturated carbocycles. The Morgan fingerprint density at radius 1 is 1.11 bits per heavy atom. The maximum absolute atomic E-state index is 15.4. The van der Waals surface area contributed by atoms with E-state index < -0.39 is 17.2 Å². The van der Waals surface area contributed by atoms with Crippen LogP contribution in [0, 0.1) is 5.82 Å². The molecular weight excluding hydrogens is 479 g/mol. The number of hydrogen-bond acceptors (Lipinski definition) is 7. The molecule has 1 aliphatic rings. The number of nitrogens with one attached hydrogen (secondary N) is 1. The highest BCUT2D eigenvalue weighted by Gasteiger charge is 2.26. The summed E-state index contributed by atoms with van der Waals surface area (Å²) >= 11 is 1.35. The number of likely N-dealkylation sites (N-methyl/N-ethyl adjacent to an activating group) is 1. The highest BCUT2D eigenvalue weighted by Crippen LogP contribution is 2.32. The third-order valence-electron chi connectivity index (χ3n) is 6.58. The number of halogens is 1. The molecule has 0 unspecified atom stereocenters. The molecule has 0 aliphatic carbocycles. The minimum atomic E-state index is -0.563. The third kappa shape index (κ3) is 3.78. The van der Waals surface area contributed by atoms with Crippen LogP contribution in [0.5, 0.6) is 0 Å². The summed E-state index contributed by atoms with van der Waals surface area (Å²) in [6.45, 7) is 3.12. The van der Waals surface area contributed by atoms with Crippen molar-refractivity contribution in [1.82, 2.24) is 24.6 Å². The fourth-order valence-electron chi connectivity index (χ4n) is 4.61. The highest BCUT2D eigenvalue weighted by molar-refractivity contribution is 7.24. The summed E-state index contributed by atoms with van der Waals surface area (Å²) < 4.78 is 18.1. The van der Waals surface area contributed by atoms with Gasteiger partial charge in [0.15, 0.2) is 17.3 Å². The van der Waals surface area contributed by atoms with Crippen molar-refractivity contribution in [2.45, 2.75) is 6.54 Å². The van der Waals surface area contributed by atoms with Crippen molar-refractivity contribution in [3.05, 3.63) is 82.0 Å². The summed E-state index contributed by atoms with van der Waals surface area (Å²) in [7, 11) is 2.03. The number of thiazole rings is 1. The van der Waals surface area contributed by atoms with E-state index in [9.17, 15) is 9.59 Å². The smallest absolute Gasteiger partial charge is 0.258 e. The van der Waals surface area contributed by atoms with Crippen LogP contribution in [0.1, 0.15) is 15.9 Å². The van der Waals surface area contributed by atoms with Gasteiger partial charge in [0.25, 0.3) is 5.91 Å². The van der Waals surface area contributed by atoms with Gasteiger partial charge < -0.3 is 15.1 Å². The molecule has 0 atom stereocenters. The summed E-state index contributed by atoms with van der Waals surface area (Å²) in [5, 5.41) is 2.92. The largest absolute Gasteiger partial charge is 0.352 e. The normalized spacial score (nSPS) is 14.7. The number of rotatable bonds is 4. The van der Waals surface area contributed by atoms with E-state index in [2.05, 4.69) is 15.2 Å². The van der Waals surface area contributed by atoms with E-state index in [1.165, 1.54) is 17.4 Å². The van der Waals surface area contributed by atoms with Crippen LogP contribution in [-0.2, 0) is 6.54 Å². The van der Waals surface area contributed by atoms with Gasteiger partial charge in [-0.25, -0.2) is 9.37 Å². The predicted octanol–water partition coefficient (Wildman–Crippen LogP) is 3.28. The second-order valence-corrected chi connectivity index (χ2v) is 9.94. The number of hydrogen-bond donors (Lipinski definition) is 1. The lowest BCUT2D eigenvalue weighted by atomic mass is 10.1. The number of nitrogens with zero attached hydrogens (tertiary/aromatic N) is 5. The van der Waals surface area contributed by atoms with Gasteiger partial charge >= 0.3 is 0 Å². The number of fused-ring (bicyclic) bond motifs is 5. The zero-order valence-corrected chi connectivity index (χ0v) is 20.4. The lowest BCUT2D eigenvalue weighted by Crippen LogP contribution is -2.45. The molecule has 1 N–H and O–H groups in total. The van der Waals surface area contributed by atoms with Gasteiger partial charge in [0.2, 0.25) is 5.43 Å². The summed E-state index contributed by atoms with van der Waals surface area (Å²) in [5.74, 6) is -0.841. The van der Waals surface area contributed by atoms with Crippen LogP contribution < -0.4 is 15.6 Å². The van der Waals surface area contributed by atoms with Crippen molar-refractivity contribution in [3.63, 3.8) is 0 Å². The van der Waals surface area contributed by atoms with E-state index in [1.807, 2.05) is 40.6 Å². The number of anilines is 1. The van der Waals surface area contributed by atoms with E-state index in [4.69, 9.17) is 4.98 Å². The monoisotopic (exact) mass is 502 g/mol. The van der Waals surface area contributed by atoms with Crippen LogP contribution in [0.15, 0.2) is 59.7 Å². The van der Waals surface area contributed by atoms with E-state index in [-0.39, 0.29) is 23.3 Å². The van der Waals surface area contributed by atoms with Crippen LogP contribution in [0.2, 0.25) is 0 Å². The van der Waals surface area contributed by atoms with Crippen molar-refractivity contribution >= 4 is 49.1 Å². The van der Waals surface area contributed by atoms with Crippen LogP contribution in [0.4, 0.5) is 10.2 Å². The Kier molecular flexibility index (Phi) is 5.62. The van der Waals surface area contributed by atoms with E-state index in [0.717, 1.165) is 28.9 Å². The maximum atomic E-state index is 15.4. The molecule has 1 saturated heterocycles. The number of aromatic nitrogens is 3. The third-order valence-corrected chi connectivity index (χ3v) is 7.73. The number of piperazine rings is 1. The van der Waals surface area contributed by atoms with Crippen molar-refractivity contribution in [2.75, 3.05) is 38.1 Å². The van der Waals surface area contributed by atoms with Crippen LogP contribution in [0.3, 0.4) is 0 Å². The van der Waals surface area contributed by atoms with Crippen LogP contribution in [0.25, 0.3) is 26.1 Å². The van der Waals surface area contributed by atoms with Crippen molar-refractivity contribution in [1.29, 1.82) is 0 Å². The van der Waals surface area contributed by atoms with Gasteiger partial charge in [0.05, 0.1) is 15.6 Å². The molecule has 0 spiro atoms. The number of amides is 1. The maximum Gasteiger partial charge on any atom is 0.258 e. The molecule has 36 heavy (non-hydrogen) atoms. The van der Waals surface area contributed by atoms with Gasteiger partial charge in [-0.3, -0.25) is 19.0 Å². The number of para-hydroxylation sites is 1. The summed E-state index contributed by atoms with van der Waals surface area (Å²) in [4.78, 5) is 40.3. The first-order valence-corrected chi connectivity index (χ1v) is 12.5. The fourth-order valence-corrected chi connectivity index (χ4v) is 5.79. The molecule has 1 aromatic carbocycles. The molecule has 8 nitrogen and oxygen atoms in total. The van der Waals surface area contributed by atoms with Crippen molar-refractivity contribution in [2.24, 2.45) is 0 Å². The van der Waals surface area contributed by atoms with Gasteiger partial charge in [0.1, 0.15) is 10.4 Å². The molecule has 4 aromatic heterocycles. The summed E-state index contributed by atoms with van der Waals surface area (Å²) in [6.07, 6.45) is 3.28. The second-order valence-electron chi connectivity index (χ2n) is 8.91. The number of pyridine rings is 3. The molecule has 0 bridgehead atoms. The summed E-state index contributed by atoms with van der Waals surface area (Å²) in [5.41, 5.74) is 1.49. The fraction of sp³-hybridized carbons (Fsp3) is 0.231. The lowest BCUT2D eigenvalue weighted by molar-refractivity contribution is 0.0951. The Balaban J connectivity index is 1.55. The minimum absolute atomic E-state index is 0.00805. The second kappa shape index (κ2) is 8.96.